The molecular formula is C21H33NO. The summed E-state index contributed by atoms with van der Waals surface area (Å²) in [6, 6.07) is 8.38. The van der Waals surface area contributed by atoms with E-state index < -0.39 is 0 Å². The van der Waals surface area contributed by atoms with Gasteiger partial charge in [-0.05, 0) is 29.5 Å². The topological polar surface area (TPSA) is 29.1 Å². The molecule has 0 atom stereocenters. The molecule has 1 amide bonds. The van der Waals surface area contributed by atoms with Crippen LogP contribution in [0.15, 0.2) is 30.3 Å². The van der Waals surface area contributed by atoms with Gasteiger partial charge in [0.1, 0.15) is 0 Å². The van der Waals surface area contributed by atoms with E-state index in [2.05, 4.69) is 50.4 Å². The Kier molecular flexibility index (Phi) is 10.1. The van der Waals surface area contributed by atoms with Crippen LogP contribution in [-0.4, -0.2) is 12.5 Å². The van der Waals surface area contributed by atoms with Gasteiger partial charge in [0.05, 0.1) is 0 Å². The lowest BCUT2D eigenvalue weighted by molar-refractivity contribution is -0.116. The van der Waals surface area contributed by atoms with Crippen LogP contribution in [0.1, 0.15) is 82.8 Å². The van der Waals surface area contributed by atoms with Crippen LogP contribution in [0.2, 0.25) is 0 Å². The molecule has 2 nitrogen and oxygen atoms in total. The van der Waals surface area contributed by atoms with E-state index in [9.17, 15) is 4.79 Å². The Bertz CT molecular complexity index is 459. The molecule has 2 heteroatoms. The van der Waals surface area contributed by atoms with Gasteiger partial charge in [0.15, 0.2) is 0 Å². The molecule has 0 aliphatic heterocycles. The third-order valence-electron chi connectivity index (χ3n) is 4.11. The lowest BCUT2D eigenvalue weighted by Gasteiger charge is -2.05. The van der Waals surface area contributed by atoms with Crippen LogP contribution < -0.4 is 5.32 Å². The van der Waals surface area contributed by atoms with Crippen LogP contribution in [0.3, 0.4) is 0 Å². The molecule has 0 unspecified atom stereocenters. The molecule has 1 aromatic rings. The van der Waals surface area contributed by atoms with E-state index in [1.54, 1.807) is 6.08 Å². The van der Waals surface area contributed by atoms with Crippen molar-refractivity contribution in [3.63, 3.8) is 0 Å². The summed E-state index contributed by atoms with van der Waals surface area (Å²) >= 11 is 0. The summed E-state index contributed by atoms with van der Waals surface area (Å²) in [7, 11) is 0. The smallest absolute Gasteiger partial charge is 0.243 e. The number of carbonyl (C=O) groups is 1. The minimum absolute atomic E-state index is 0.00363. The Morgan fingerprint density at radius 2 is 1.61 bits per heavy atom. The Labute approximate surface area is 142 Å². The predicted molar refractivity (Wildman–Crippen MR) is 101 cm³/mol. The van der Waals surface area contributed by atoms with E-state index >= 15 is 0 Å². The maximum Gasteiger partial charge on any atom is 0.243 e. The monoisotopic (exact) mass is 315 g/mol. The van der Waals surface area contributed by atoms with Crippen molar-refractivity contribution in [3.8, 4) is 0 Å². The zero-order valence-electron chi connectivity index (χ0n) is 15.1. The quantitative estimate of drug-likeness (QED) is 0.412. The first-order valence-corrected chi connectivity index (χ1v) is 9.19. The fourth-order valence-electron chi connectivity index (χ4n) is 2.52. The van der Waals surface area contributed by atoms with Crippen molar-refractivity contribution in [2.75, 3.05) is 6.54 Å². The largest absolute Gasteiger partial charge is 0.353 e. The third kappa shape index (κ3) is 9.22. The van der Waals surface area contributed by atoms with Crippen molar-refractivity contribution < 1.29 is 4.79 Å². The number of rotatable bonds is 11. The van der Waals surface area contributed by atoms with E-state index in [4.69, 9.17) is 0 Å². The highest BCUT2D eigenvalue weighted by Gasteiger charge is 1.98. The molecular weight excluding hydrogens is 282 g/mol. The highest BCUT2D eigenvalue weighted by atomic mass is 16.1. The molecule has 1 N–H and O–H groups in total. The lowest BCUT2D eigenvalue weighted by Crippen LogP contribution is -2.21. The predicted octanol–water partition coefficient (Wildman–Crippen LogP) is 5.69. The molecule has 0 aliphatic carbocycles. The van der Waals surface area contributed by atoms with Crippen molar-refractivity contribution in [2.24, 2.45) is 0 Å². The minimum atomic E-state index is 0.00363. The van der Waals surface area contributed by atoms with Crippen molar-refractivity contribution in [1.29, 1.82) is 0 Å². The maximum atomic E-state index is 11.8. The Morgan fingerprint density at radius 3 is 2.22 bits per heavy atom. The summed E-state index contributed by atoms with van der Waals surface area (Å²) in [4.78, 5) is 11.8. The summed E-state index contributed by atoms with van der Waals surface area (Å²) in [6.07, 6.45) is 12.4. The molecule has 0 fully saturated rings. The number of nitrogens with one attached hydrogen (secondary N) is 1. The average molecular weight is 316 g/mol. The van der Waals surface area contributed by atoms with Crippen LogP contribution in [-0.2, 0) is 4.79 Å². The van der Waals surface area contributed by atoms with Crippen LogP contribution >= 0.6 is 0 Å². The van der Waals surface area contributed by atoms with Crippen LogP contribution in [0.25, 0.3) is 6.08 Å². The second-order valence-corrected chi connectivity index (χ2v) is 6.57. The van der Waals surface area contributed by atoms with Gasteiger partial charge < -0.3 is 5.32 Å². The van der Waals surface area contributed by atoms with Gasteiger partial charge >= 0.3 is 0 Å². The molecule has 1 aromatic carbocycles. The van der Waals surface area contributed by atoms with Crippen LogP contribution in [0.5, 0.6) is 0 Å². The normalized spacial score (nSPS) is 11.3. The minimum Gasteiger partial charge on any atom is -0.353 e. The van der Waals surface area contributed by atoms with Gasteiger partial charge in [0.2, 0.25) is 5.91 Å². The zero-order chi connectivity index (χ0) is 16.9. The molecule has 0 heterocycles. The number of amides is 1. The molecule has 0 saturated carbocycles. The number of unbranched alkanes of at least 4 members (excludes halogenated alkanes) is 6. The summed E-state index contributed by atoms with van der Waals surface area (Å²) < 4.78 is 0. The number of benzene rings is 1. The standard InChI is InChI=1S/C21H33NO/c1-4-5-6-7-8-9-10-17-22-21(23)16-13-19-11-14-20(15-12-19)18(2)3/h11-16,18H,4-10,17H2,1-3H3,(H,22,23)/b16-13+. The highest BCUT2D eigenvalue weighted by Crippen LogP contribution is 2.15. The fraction of sp³-hybridized carbons (Fsp3) is 0.571. The number of hydrogen-bond acceptors (Lipinski definition) is 1. The van der Waals surface area contributed by atoms with Crippen molar-refractivity contribution >= 4 is 12.0 Å². The Hall–Kier alpha value is -1.57. The van der Waals surface area contributed by atoms with Crippen LogP contribution in [0.4, 0.5) is 0 Å². The second-order valence-electron chi connectivity index (χ2n) is 6.57. The van der Waals surface area contributed by atoms with Gasteiger partial charge in [-0.3, -0.25) is 4.79 Å². The molecule has 0 aliphatic rings. The molecule has 0 bridgehead atoms. The SMILES string of the molecule is CCCCCCCCCNC(=O)/C=C/c1ccc(C(C)C)cc1. The lowest BCUT2D eigenvalue weighted by atomic mass is 10.0. The summed E-state index contributed by atoms with van der Waals surface area (Å²) in [5.74, 6) is 0.544. The molecule has 0 aromatic heterocycles. The number of hydrogen-bond donors (Lipinski definition) is 1. The van der Waals surface area contributed by atoms with Gasteiger partial charge in [0, 0.05) is 12.6 Å². The van der Waals surface area contributed by atoms with E-state index in [1.165, 1.54) is 44.1 Å². The maximum absolute atomic E-state index is 11.8. The fourth-order valence-corrected chi connectivity index (χ4v) is 2.52. The highest BCUT2D eigenvalue weighted by molar-refractivity contribution is 5.91. The first-order chi connectivity index (χ1) is 11.1. The summed E-state index contributed by atoms with van der Waals surface area (Å²) in [6.45, 7) is 7.38. The van der Waals surface area contributed by atoms with E-state index in [1.807, 2.05) is 6.08 Å². The molecule has 128 valence electrons. The first kappa shape index (κ1) is 19.5. The summed E-state index contributed by atoms with van der Waals surface area (Å²) in [5.41, 5.74) is 2.39. The van der Waals surface area contributed by atoms with Gasteiger partial charge in [-0.25, -0.2) is 0 Å². The number of carbonyl (C=O) groups excluding carboxylic acids is 1. The van der Waals surface area contributed by atoms with Crippen molar-refractivity contribution in [2.45, 2.75) is 71.6 Å². The molecule has 0 saturated heterocycles. The van der Waals surface area contributed by atoms with Crippen molar-refractivity contribution in [1.82, 2.24) is 5.32 Å². The van der Waals surface area contributed by atoms with Crippen LogP contribution in [0, 0.1) is 0 Å². The Balaban J connectivity index is 2.15. The first-order valence-electron chi connectivity index (χ1n) is 9.19. The van der Waals surface area contributed by atoms with Gasteiger partial charge in [-0.15, -0.1) is 0 Å². The average Bonchev–Trinajstić information content (AvgIpc) is 2.55. The van der Waals surface area contributed by atoms with Crippen molar-refractivity contribution in [3.05, 3.63) is 41.5 Å². The summed E-state index contributed by atoms with van der Waals surface area (Å²) in [5, 5.41) is 2.96. The van der Waals surface area contributed by atoms with E-state index in [-0.39, 0.29) is 5.91 Å². The third-order valence-corrected chi connectivity index (χ3v) is 4.11. The molecule has 0 spiro atoms. The zero-order valence-corrected chi connectivity index (χ0v) is 15.1. The van der Waals surface area contributed by atoms with Gasteiger partial charge in [-0.1, -0.05) is 83.6 Å². The molecule has 23 heavy (non-hydrogen) atoms. The molecule has 0 radical (unpaired) electrons. The van der Waals surface area contributed by atoms with Gasteiger partial charge in [0.25, 0.3) is 0 Å². The Morgan fingerprint density at radius 1 is 1.00 bits per heavy atom. The molecule has 1 rings (SSSR count). The second kappa shape index (κ2) is 11.9. The van der Waals surface area contributed by atoms with E-state index in [0.717, 1.165) is 18.5 Å². The van der Waals surface area contributed by atoms with Gasteiger partial charge in [-0.2, -0.15) is 0 Å². The van der Waals surface area contributed by atoms with E-state index in [0.29, 0.717) is 5.92 Å².